The van der Waals surface area contributed by atoms with Crippen LogP contribution in [-0.2, 0) is 4.79 Å². The lowest BCUT2D eigenvalue weighted by molar-refractivity contribution is -0.117. The van der Waals surface area contributed by atoms with Crippen LogP contribution in [0, 0.1) is 0 Å². The number of carbonyl (C=O) groups excluding carboxylic acids is 2. The van der Waals surface area contributed by atoms with Gasteiger partial charge in [-0.1, -0.05) is 42.1 Å². The minimum absolute atomic E-state index is 0.0977. The van der Waals surface area contributed by atoms with Crippen LogP contribution in [-0.4, -0.2) is 34.4 Å². The molecule has 2 heterocycles. The first kappa shape index (κ1) is 18.0. The Morgan fingerprint density at radius 1 is 1.31 bits per heavy atom. The van der Waals surface area contributed by atoms with E-state index in [1.165, 1.54) is 18.4 Å². The van der Waals surface area contributed by atoms with Gasteiger partial charge in [0, 0.05) is 18.0 Å². The molecule has 2 aromatic heterocycles. The second kappa shape index (κ2) is 7.58. The van der Waals surface area contributed by atoms with E-state index in [-0.39, 0.29) is 16.5 Å². The van der Waals surface area contributed by atoms with Gasteiger partial charge in [0.25, 0.3) is 5.56 Å². The van der Waals surface area contributed by atoms with Crippen LogP contribution in [0.25, 0.3) is 21.3 Å². The SMILES string of the molecule is CNC(=O)NC(=O)CSc1nc2scc(-c3ccccc3)c2c(=O)n1N. The van der Waals surface area contributed by atoms with Gasteiger partial charge in [-0.2, -0.15) is 0 Å². The molecule has 0 bridgehead atoms. The molecule has 8 nitrogen and oxygen atoms in total. The van der Waals surface area contributed by atoms with E-state index in [0.717, 1.165) is 27.6 Å². The van der Waals surface area contributed by atoms with Crippen molar-refractivity contribution < 1.29 is 9.59 Å². The van der Waals surface area contributed by atoms with Crippen molar-refractivity contribution >= 4 is 45.3 Å². The van der Waals surface area contributed by atoms with Gasteiger partial charge < -0.3 is 11.2 Å². The minimum Gasteiger partial charge on any atom is -0.341 e. The standard InChI is InChI=1S/C16H15N5O3S2/c1-18-15(24)19-11(22)8-26-16-20-13-12(14(23)21(16)17)10(7-25-13)9-5-3-2-4-6-9/h2-7H,8,17H2,1H3,(H2,18,19,22,24). The average Bonchev–Trinajstić information content (AvgIpc) is 3.08. The minimum atomic E-state index is -0.602. The molecule has 0 fully saturated rings. The molecule has 0 aliphatic heterocycles. The Labute approximate surface area is 156 Å². The fourth-order valence-corrected chi connectivity index (χ4v) is 3.98. The summed E-state index contributed by atoms with van der Waals surface area (Å²) < 4.78 is 0.930. The molecule has 0 radical (unpaired) electrons. The first-order valence-electron chi connectivity index (χ1n) is 7.50. The predicted molar refractivity (Wildman–Crippen MR) is 103 cm³/mol. The zero-order valence-electron chi connectivity index (χ0n) is 13.7. The van der Waals surface area contributed by atoms with Gasteiger partial charge in [-0.15, -0.1) is 11.3 Å². The van der Waals surface area contributed by atoms with Gasteiger partial charge in [-0.05, 0) is 5.56 Å². The maximum atomic E-state index is 12.7. The van der Waals surface area contributed by atoms with Gasteiger partial charge in [0.1, 0.15) is 4.83 Å². The number of nitrogens with zero attached hydrogens (tertiary/aromatic N) is 2. The Kier molecular flexibility index (Phi) is 5.24. The molecule has 1 aromatic carbocycles. The molecule has 0 spiro atoms. The summed E-state index contributed by atoms with van der Waals surface area (Å²) in [5.41, 5.74) is 1.29. The van der Waals surface area contributed by atoms with E-state index >= 15 is 0 Å². The normalized spacial score (nSPS) is 10.7. The predicted octanol–water partition coefficient (Wildman–Crippen LogP) is 1.39. The molecular formula is C16H15N5O3S2. The van der Waals surface area contributed by atoms with Crippen molar-refractivity contribution in [2.75, 3.05) is 18.6 Å². The molecule has 0 saturated heterocycles. The molecule has 10 heteroatoms. The summed E-state index contributed by atoms with van der Waals surface area (Å²) in [5.74, 6) is 5.27. The Morgan fingerprint density at radius 3 is 2.73 bits per heavy atom. The molecule has 0 saturated carbocycles. The number of hydrogen-bond acceptors (Lipinski definition) is 7. The van der Waals surface area contributed by atoms with Gasteiger partial charge in [0.15, 0.2) is 5.16 Å². The molecule has 3 rings (SSSR count). The number of imide groups is 1. The second-order valence-electron chi connectivity index (χ2n) is 5.18. The molecule has 3 amide bonds. The number of benzene rings is 1. The first-order valence-corrected chi connectivity index (χ1v) is 9.37. The summed E-state index contributed by atoms with van der Waals surface area (Å²) in [7, 11) is 1.41. The number of thioether (sulfide) groups is 1. The van der Waals surface area contributed by atoms with E-state index < -0.39 is 11.9 Å². The highest BCUT2D eigenvalue weighted by Gasteiger charge is 2.17. The number of nitrogens with one attached hydrogen (secondary N) is 2. The average molecular weight is 389 g/mol. The Morgan fingerprint density at radius 2 is 2.04 bits per heavy atom. The van der Waals surface area contributed by atoms with Crippen molar-refractivity contribution in [3.8, 4) is 11.1 Å². The van der Waals surface area contributed by atoms with Gasteiger partial charge in [0.2, 0.25) is 5.91 Å². The Bertz CT molecular complexity index is 1030. The maximum absolute atomic E-state index is 12.7. The van der Waals surface area contributed by atoms with Crippen LogP contribution in [0.3, 0.4) is 0 Å². The summed E-state index contributed by atoms with van der Waals surface area (Å²) in [6.45, 7) is 0. The third-order valence-electron chi connectivity index (χ3n) is 3.50. The van der Waals surface area contributed by atoms with E-state index in [1.807, 2.05) is 35.7 Å². The molecular weight excluding hydrogens is 374 g/mol. The fraction of sp³-hybridized carbons (Fsp3) is 0.125. The van der Waals surface area contributed by atoms with Crippen LogP contribution in [0.4, 0.5) is 4.79 Å². The molecule has 3 aromatic rings. The lowest BCUT2D eigenvalue weighted by Crippen LogP contribution is -2.38. The van der Waals surface area contributed by atoms with Crippen LogP contribution in [0.5, 0.6) is 0 Å². The van der Waals surface area contributed by atoms with Crippen molar-refractivity contribution in [2.24, 2.45) is 0 Å². The van der Waals surface area contributed by atoms with E-state index in [0.29, 0.717) is 10.2 Å². The highest BCUT2D eigenvalue weighted by molar-refractivity contribution is 7.99. The topological polar surface area (TPSA) is 119 Å². The van der Waals surface area contributed by atoms with Crippen molar-refractivity contribution in [3.63, 3.8) is 0 Å². The smallest absolute Gasteiger partial charge is 0.321 e. The third kappa shape index (κ3) is 3.55. The molecule has 26 heavy (non-hydrogen) atoms. The van der Waals surface area contributed by atoms with Crippen molar-refractivity contribution in [1.29, 1.82) is 0 Å². The van der Waals surface area contributed by atoms with Gasteiger partial charge >= 0.3 is 6.03 Å². The molecule has 134 valence electrons. The number of nitrogens with two attached hydrogens (primary N) is 1. The highest BCUT2D eigenvalue weighted by atomic mass is 32.2. The monoisotopic (exact) mass is 389 g/mol. The van der Waals surface area contributed by atoms with Crippen LogP contribution in [0.2, 0.25) is 0 Å². The van der Waals surface area contributed by atoms with E-state index in [4.69, 9.17) is 5.84 Å². The first-order chi connectivity index (χ1) is 12.5. The molecule has 0 aliphatic carbocycles. The van der Waals surface area contributed by atoms with Crippen LogP contribution >= 0.6 is 23.1 Å². The third-order valence-corrected chi connectivity index (χ3v) is 5.33. The van der Waals surface area contributed by atoms with E-state index in [2.05, 4.69) is 15.6 Å². The largest absolute Gasteiger partial charge is 0.341 e. The summed E-state index contributed by atoms with van der Waals surface area (Å²) in [6, 6.07) is 8.90. The van der Waals surface area contributed by atoms with Crippen LogP contribution in [0.15, 0.2) is 45.7 Å². The molecule has 0 unspecified atom stereocenters. The number of rotatable bonds is 4. The molecule has 4 N–H and O–H groups in total. The summed E-state index contributed by atoms with van der Waals surface area (Å²) in [4.78, 5) is 40.4. The Hall–Kier alpha value is -2.85. The maximum Gasteiger partial charge on any atom is 0.321 e. The van der Waals surface area contributed by atoms with Gasteiger partial charge in [-0.3, -0.25) is 14.9 Å². The van der Waals surface area contributed by atoms with E-state index in [1.54, 1.807) is 0 Å². The number of fused-ring (bicyclic) bond motifs is 1. The Balaban J connectivity index is 1.91. The number of thiophene rings is 1. The number of hydrogen-bond donors (Lipinski definition) is 3. The van der Waals surface area contributed by atoms with Crippen LogP contribution in [0.1, 0.15) is 0 Å². The summed E-state index contributed by atoms with van der Waals surface area (Å²) in [6.07, 6.45) is 0. The number of carbonyl (C=O) groups is 2. The fourth-order valence-electron chi connectivity index (χ4n) is 2.27. The van der Waals surface area contributed by atoms with Crippen molar-refractivity contribution in [3.05, 3.63) is 46.1 Å². The zero-order valence-corrected chi connectivity index (χ0v) is 15.3. The number of nitrogen functional groups attached to an aromatic ring is 1. The lowest BCUT2D eigenvalue weighted by Gasteiger charge is -2.07. The summed E-state index contributed by atoms with van der Waals surface area (Å²) >= 11 is 2.32. The van der Waals surface area contributed by atoms with Crippen molar-refractivity contribution in [2.45, 2.75) is 5.16 Å². The second-order valence-corrected chi connectivity index (χ2v) is 6.98. The molecule has 0 atom stereocenters. The number of urea groups is 1. The zero-order chi connectivity index (χ0) is 18.7. The number of amides is 3. The quantitative estimate of drug-likeness (QED) is 0.352. The summed E-state index contributed by atoms with van der Waals surface area (Å²) in [5, 5.41) is 6.93. The molecule has 0 aliphatic rings. The van der Waals surface area contributed by atoms with Crippen LogP contribution < -0.4 is 22.0 Å². The van der Waals surface area contributed by atoms with Crippen molar-refractivity contribution in [1.82, 2.24) is 20.3 Å². The van der Waals surface area contributed by atoms with Gasteiger partial charge in [0.05, 0.1) is 11.1 Å². The lowest BCUT2D eigenvalue weighted by atomic mass is 10.1. The highest BCUT2D eigenvalue weighted by Crippen LogP contribution is 2.31. The van der Waals surface area contributed by atoms with E-state index in [9.17, 15) is 14.4 Å². The number of aromatic nitrogens is 2. The van der Waals surface area contributed by atoms with Gasteiger partial charge in [-0.25, -0.2) is 14.5 Å².